The first-order valence-corrected chi connectivity index (χ1v) is 7.19. The Morgan fingerprint density at radius 2 is 1.65 bits per heavy atom. The van der Waals surface area contributed by atoms with E-state index in [1.807, 2.05) is 30.3 Å². The summed E-state index contributed by atoms with van der Waals surface area (Å²) in [5.41, 5.74) is 5.87. The Balaban J connectivity index is 1.84. The van der Waals surface area contributed by atoms with Gasteiger partial charge in [-0.25, -0.2) is 10.2 Å². The molecule has 6 nitrogen and oxygen atoms in total. The van der Waals surface area contributed by atoms with Gasteiger partial charge >= 0.3 is 6.09 Å². The molecule has 0 saturated heterocycles. The van der Waals surface area contributed by atoms with Crippen LogP contribution in [0.2, 0.25) is 0 Å². The van der Waals surface area contributed by atoms with E-state index in [1.54, 1.807) is 31.2 Å². The van der Waals surface area contributed by atoms with Crippen molar-refractivity contribution < 1.29 is 19.1 Å². The normalized spacial score (nSPS) is 9.78. The molecule has 0 aliphatic heterocycles. The molecule has 2 aromatic rings. The molecule has 0 bridgehead atoms. The van der Waals surface area contributed by atoms with Gasteiger partial charge in [0.2, 0.25) is 0 Å². The maximum absolute atomic E-state index is 11.8. The van der Waals surface area contributed by atoms with Gasteiger partial charge in [0.25, 0.3) is 5.91 Å². The summed E-state index contributed by atoms with van der Waals surface area (Å²) in [5.74, 6) is 0.219. The molecule has 2 amide bonds. The maximum Gasteiger partial charge on any atom is 0.426 e. The van der Waals surface area contributed by atoms with Gasteiger partial charge in [0.15, 0.2) is 0 Å². The van der Waals surface area contributed by atoms with E-state index in [-0.39, 0.29) is 6.61 Å². The van der Waals surface area contributed by atoms with Crippen LogP contribution in [0.3, 0.4) is 0 Å². The standard InChI is InChI=1S/C17H18N2O4/c1-2-22-17(21)19-18-16(20)14-8-10-15(11-9-14)23-12-13-6-4-3-5-7-13/h3-11H,2,12H2,1H3,(H,18,20)(H,19,21). The van der Waals surface area contributed by atoms with Gasteiger partial charge in [-0.05, 0) is 36.8 Å². The molecular weight excluding hydrogens is 296 g/mol. The lowest BCUT2D eigenvalue weighted by molar-refractivity contribution is 0.0912. The highest BCUT2D eigenvalue weighted by atomic mass is 16.6. The average Bonchev–Trinajstić information content (AvgIpc) is 2.59. The molecule has 23 heavy (non-hydrogen) atoms. The summed E-state index contributed by atoms with van der Waals surface area (Å²) in [7, 11) is 0. The van der Waals surface area contributed by atoms with Crippen LogP contribution in [0.25, 0.3) is 0 Å². The fourth-order valence-electron chi connectivity index (χ4n) is 1.79. The molecule has 0 aromatic heterocycles. The fourth-order valence-corrected chi connectivity index (χ4v) is 1.79. The van der Waals surface area contributed by atoms with Gasteiger partial charge in [0.05, 0.1) is 6.61 Å². The second kappa shape index (κ2) is 8.43. The van der Waals surface area contributed by atoms with Gasteiger partial charge < -0.3 is 9.47 Å². The SMILES string of the molecule is CCOC(=O)NNC(=O)c1ccc(OCc2ccccc2)cc1. The molecule has 120 valence electrons. The van der Waals surface area contributed by atoms with Crippen LogP contribution in [0.4, 0.5) is 4.79 Å². The van der Waals surface area contributed by atoms with Gasteiger partial charge in [-0.1, -0.05) is 30.3 Å². The van der Waals surface area contributed by atoms with Crippen molar-refractivity contribution in [2.75, 3.05) is 6.61 Å². The summed E-state index contributed by atoms with van der Waals surface area (Å²) in [4.78, 5) is 22.9. The first kappa shape index (κ1) is 16.4. The monoisotopic (exact) mass is 314 g/mol. The van der Waals surface area contributed by atoms with Crippen LogP contribution in [-0.4, -0.2) is 18.6 Å². The second-order valence-electron chi connectivity index (χ2n) is 4.60. The predicted molar refractivity (Wildman–Crippen MR) is 84.8 cm³/mol. The highest BCUT2D eigenvalue weighted by molar-refractivity contribution is 5.95. The topological polar surface area (TPSA) is 76.7 Å². The van der Waals surface area contributed by atoms with Crippen molar-refractivity contribution >= 4 is 12.0 Å². The Morgan fingerprint density at radius 3 is 2.30 bits per heavy atom. The van der Waals surface area contributed by atoms with Gasteiger partial charge in [0.1, 0.15) is 12.4 Å². The van der Waals surface area contributed by atoms with Crippen LogP contribution in [0, 0.1) is 0 Å². The number of hydrazine groups is 1. The van der Waals surface area contributed by atoms with E-state index in [0.717, 1.165) is 5.56 Å². The van der Waals surface area contributed by atoms with Gasteiger partial charge in [-0.3, -0.25) is 10.2 Å². The minimum Gasteiger partial charge on any atom is -0.489 e. The summed E-state index contributed by atoms with van der Waals surface area (Å²) in [6.45, 7) is 2.36. The maximum atomic E-state index is 11.8. The molecule has 0 radical (unpaired) electrons. The van der Waals surface area contributed by atoms with Crippen molar-refractivity contribution in [2.24, 2.45) is 0 Å². The molecule has 0 saturated carbocycles. The van der Waals surface area contributed by atoms with E-state index in [2.05, 4.69) is 15.6 Å². The lowest BCUT2D eigenvalue weighted by Crippen LogP contribution is -2.41. The summed E-state index contributed by atoms with van der Waals surface area (Å²) in [6, 6.07) is 16.4. The largest absolute Gasteiger partial charge is 0.489 e. The first-order chi connectivity index (χ1) is 11.2. The van der Waals surface area contributed by atoms with E-state index in [4.69, 9.17) is 4.74 Å². The van der Waals surface area contributed by atoms with Crippen molar-refractivity contribution in [3.05, 3.63) is 65.7 Å². The number of amides is 2. The smallest absolute Gasteiger partial charge is 0.426 e. The Bertz CT molecular complexity index is 641. The molecule has 2 N–H and O–H groups in total. The molecule has 2 aromatic carbocycles. The van der Waals surface area contributed by atoms with E-state index in [9.17, 15) is 9.59 Å². The minimum absolute atomic E-state index is 0.231. The molecule has 0 spiro atoms. The summed E-state index contributed by atoms with van der Waals surface area (Å²) in [5, 5.41) is 0. The predicted octanol–water partition coefficient (Wildman–Crippen LogP) is 2.66. The van der Waals surface area contributed by atoms with Crippen LogP contribution in [-0.2, 0) is 11.3 Å². The Labute approximate surface area is 134 Å². The number of nitrogens with one attached hydrogen (secondary N) is 2. The number of rotatable bonds is 5. The van der Waals surface area contributed by atoms with E-state index in [1.165, 1.54) is 0 Å². The Morgan fingerprint density at radius 1 is 0.957 bits per heavy atom. The molecule has 0 aliphatic carbocycles. The number of carbonyl (C=O) groups is 2. The molecule has 0 atom stereocenters. The molecule has 0 fully saturated rings. The van der Waals surface area contributed by atoms with Crippen LogP contribution in [0.15, 0.2) is 54.6 Å². The van der Waals surface area contributed by atoms with E-state index < -0.39 is 12.0 Å². The third-order valence-corrected chi connectivity index (χ3v) is 2.92. The lowest BCUT2D eigenvalue weighted by atomic mass is 10.2. The summed E-state index contributed by atoms with van der Waals surface area (Å²) in [6.07, 6.45) is -0.705. The number of ether oxygens (including phenoxy) is 2. The van der Waals surface area contributed by atoms with Crippen LogP contribution in [0.1, 0.15) is 22.8 Å². The highest BCUT2D eigenvalue weighted by Gasteiger charge is 2.07. The lowest BCUT2D eigenvalue weighted by Gasteiger charge is -2.09. The molecule has 0 heterocycles. The van der Waals surface area contributed by atoms with E-state index >= 15 is 0 Å². The second-order valence-corrected chi connectivity index (χ2v) is 4.60. The molecule has 0 unspecified atom stereocenters. The first-order valence-electron chi connectivity index (χ1n) is 7.19. The minimum atomic E-state index is -0.705. The number of carbonyl (C=O) groups excluding carboxylic acids is 2. The average molecular weight is 314 g/mol. The fraction of sp³-hybridized carbons (Fsp3) is 0.176. The number of hydrogen-bond donors (Lipinski definition) is 2. The third-order valence-electron chi connectivity index (χ3n) is 2.92. The molecule has 6 heteroatoms. The Hall–Kier alpha value is -3.02. The third kappa shape index (κ3) is 5.35. The highest BCUT2D eigenvalue weighted by Crippen LogP contribution is 2.14. The zero-order valence-corrected chi connectivity index (χ0v) is 12.7. The number of hydrogen-bond acceptors (Lipinski definition) is 4. The zero-order valence-electron chi connectivity index (χ0n) is 12.7. The molecule has 2 rings (SSSR count). The summed E-state index contributed by atoms with van der Waals surface area (Å²) < 4.78 is 10.3. The van der Waals surface area contributed by atoms with Gasteiger partial charge in [-0.2, -0.15) is 0 Å². The van der Waals surface area contributed by atoms with Crippen molar-refractivity contribution in [3.8, 4) is 5.75 Å². The van der Waals surface area contributed by atoms with Crippen LogP contribution >= 0.6 is 0 Å². The van der Waals surface area contributed by atoms with Gasteiger partial charge in [0, 0.05) is 5.56 Å². The Kier molecular flexibility index (Phi) is 5.99. The van der Waals surface area contributed by atoms with E-state index in [0.29, 0.717) is 17.9 Å². The van der Waals surface area contributed by atoms with Gasteiger partial charge in [-0.15, -0.1) is 0 Å². The van der Waals surface area contributed by atoms with Crippen molar-refractivity contribution in [1.29, 1.82) is 0 Å². The van der Waals surface area contributed by atoms with Crippen LogP contribution < -0.4 is 15.6 Å². The molecular formula is C17H18N2O4. The van der Waals surface area contributed by atoms with Crippen molar-refractivity contribution in [3.63, 3.8) is 0 Å². The molecule has 0 aliphatic rings. The van der Waals surface area contributed by atoms with Crippen LogP contribution in [0.5, 0.6) is 5.75 Å². The quantitative estimate of drug-likeness (QED) is 0.832. The van der Waals surface area contributed by atoms with Crippen molar-refractivity contribution in [1.82, 2.24) is 10.9 Å². The summed E-state index contributed by atoms with van der Waals surface area (Å²) >= 11 is 0. The zero-order chi connectivity index (χ0) is 16.5. The number of benzene rings is 2. The van der Waals surface area contributed by atoms with Crippen molar-refractivity contribution in [2.45, 2.75) is 13.5 Å².